The summed E-state index contributed by atoms with van der Waals surface area (Å²) in [4.78, 5) is 4.72. The van der Waals surface area contributed by atoms with Gasteiger partial charge >= 0.3 is 0 Å². The highest BCUT2D eigenvalue weighted by Gasteiger charge is 2.13. The highest BCUT2D eigenvalue weighted by molar-refractivity contribution is 5.79. The van der Waals surface area contributed by atoms with E-state index < -0.39 is 0 Å². The minimum absolute atomic E-state index is 0.407. The van der Waals surface area contributed by atoms with Crippen molar-refractivity contribution < 1.29 is 14.2 Å². The van der Waals surface area contributed by atoms with Crippen LogP contribution in [0.5, 0.6) is 17.2 Å². The number of hydrogen-bond acceptors (Lipinski definition) is 5. The van der Waals surface area contributed by atoms with Gasteiger partial charge in [0.25, 0.3) is 0 Å². The van der Waals surface area contributed by atoms with E-state index in [4.69, 9.17) is 19.2 Å². The van der Waals surface area contributed by atoms with Crippen LogP contribution in [0.3, 0.4) is 0 Å². The molecular formula is C24H31N5O3. The van der Waals surface area contributed by atoms with Crippen LogP contribution in [-0.4, -0.2) is 50.2 Å². The van der Waals surface area contributed by atoms with Crippen LogP contribution in [-0.2, 0) is 13.0 Å². The van der Waals surface area contributed by atoms with Crippen molar-refractivity contribution in [2.45, 2.75) is 19.9 Å². The van der Waals surface area contributed by atoms with Crippen LogP contribution >= 0.6 is 0 Å². The molecule has 0 aliphatic heterocycles. The Kier molecular flexibility index (Phi) is 8.36. The van der Waals surface area contributed by atoms with Gasteiger partial charge in [-0.1, -0.05) is 12.1 Å². The molecule has 8 heteroatoms. The lowest BCUT2D eigenvalue weighted by Gasteiger charge is -2.15. The summed E-state index contributed by atoms with van der Waals surface area (Å²) in [6, 6.07) is 14.0. The van der Waals surface area contributed by atoms with E-state index in [1.54, 1.807) is 27.5 Å². The fourth-order valence-electron chi connectivity index (χ4n) is 3.30. The van der Waals surface area contributed by atoms with Crippen molar-refractivity contribution in [3.05, 3.63) is 66.0 Å². The lowest BCUT2D eigenvalue weighted by molar-refractivity contribution is 0.369. The van der Waals surface area contributed by atoms with E-state index in [-0.39, 0.29) is 0 Å². The minimum atomic E-state index is 0.407. The van der Waals surface area contributed by atoms with Crippen LogP contribution in [0.15, 0.2) is 59.9 Å². The van der Waals surface area contributed by atoms with Crippen molar-refractivity contribution in [2.24, 2.45) is 4.99 Å². The maximum Gasteiger partial charge on any atom is 0.191 e. The zero-order valence-electron chi connectivity index (χ0n) is 19.1. The summed E-state index contributed by atoms with van der Waals surface area (Å²) >= 11 is 0. The second-order valence-corrected chi connectivity index (χ2v) is 7.00. The first-order chi connectivity index (χ1) is 15.7. The number of rotatable bonds is 10. The summed E-state index contributed by atoms with van der Waals surface area (Å²) in [6.45, 7) is 3.97. The third-order valence-electron chi connectivity index (χ3n) is 4.97. The van der Waals surface area contributed by atoms with Crippen LogP contribution in [0, 0.1) is 0 Å². The first-order valence-corrected chi connectivity index (χ1v) is 10.6. The Bertz CT molecular complexity index is 976. The third-order valence-corrected chi connectivity index (χ3v) is 4.97. The average molecular weight is 438 g/mol. The largest absolute Gasteiger partial charge is 0.496 e. The van der Waals surface area contributed by atoms with Gasteiger partial charge in [-0.05, 0) is 37.1 Å². The van der Waals surface area contributed by atoms with Crippen molar-refractivity contribution in [3.8, 4) is 22.9 Å². The number of nitrogens with zero attached hydrogens (tertiary/aromatic N) is 3. The molecule has 8 nitrogen and oxygen atoms in total. The maximum absolute atomic E-state index is 5.52. The molecular weight excluding hydrogens is 406 g/mol. The van der Waals surface area contributed by atoms with E-state index in [1.807, 2.05) is 36.0 Å². The Balaban J connectivity index is 1.63. The van der Waals surface area contributed by atoms with E-state index >= 15 is 0 Å². The number of nitrogens with one attached hydrogen (secondary N) is 2. The highest BCUT2D eigenvalue weighted by atomic mass is 16.5. The molecule has 0 amide bonds. The van der Waals surface area contributed by atoms with Gasteiger partial charge < -0.3 is 24.8 Å². The van der Waals surface area contributed by atoms with Crippen molar-refractivity contribution in [1.29, 1.82) is 0 Å². The van der Waals surface area contributed by atoms with Gasteiger partial charge in [-0.25, -0.2) is 9.67 Å². The number of hydrogen-bond donors (Lipinski definition) is 2. The molecule has 0 atom stereocenters. The zero-order valence-corrected chi connectivity index (χ0v) is 19.1. The first-order valence-electron chi connectivity index (χ1n) is 10.6. The second-order valence-electron chi connectivity index (χ2n) is 7.00. The van der Waals surface area contributed by atoms with Crippen LogP contribution in [0.25, 0.3) is 5.69 Å². The quantitative estimate of drug-likeness (QED) is 0.375. The summed E-state index contributed by atoms with van der Waals surface area (Å²) in [6.07, 6.45) is 4.58. The van der Waals surface area contributed by atoms with Crippen LogP contribution in [0.1, 0.15) is 18.1 Å². The molecule has 32 heavy (non-hydrogen) atoms. The molecule has 0 bridgehead atoms. The Labute approximate surface area is 189 Å². The number of benzene rings is 2. The predicted octanol–water partition coefficient (Wildman–Crippen LogP) is 3.20. The maximum atomic E-state index is 5.52. The molecule has 0 fully saturated rings. The van der Waals surface area contributed by atoms with Gasteiger partial charge in [0.1, 0.15) is 17.2 Å². The van der Waals surface area contributed by atoms with Crippen molar-refractivity contribution in [1.82, 2.24) is 20.4 Å². The highest BCUT2D eigenvalue weighted by Crippen LogP contribution is 2.34. The molecule has 170 valence electrons. The zero-order chi connectivity index (χ0) is 22.8. The molecule has 1 heterocycles. The van der Waals surface area contributed by atoms with Gasteiger partial charge in [-0.2, -0.15) is 5.10 Å². The minimum Gasteiger partial charge on any atom is -0.496 e. The van der Waals surface area contributed by atoms with Gasteiger partial charge in [-0.3, -0.25) is 0 Å². The molecule has 3 aromatic rings. The normalized spacial score (nSPS) is 11.2. The molecule has 0 spiro atoms. The molecule has 0 aliphatic rings. The SMILES string of the molecule is CCNC(=NCc1c(OC)cc(OC)cc1OC)NCCc1ccc(-n2cccn2)cc1. The van der Waals surface area contributed by atoms with Gasteiger partial charge in [0.05, 0.1) is 39.1 Å². The number of aliphatic imine (C=N–C) groups is 1. The third kappa shape index (κ3) is 5.94. The average Bonchev–Trinajstić information content (AvgIpc) is 3.37. The molecule has 3 rings (SSSR count). The monoisotopic (exact) mass is 437 g/mol. The van der Waals surface area contributed by atoms with Crippen LogP contribution < -0.4 is 24.8 Å². The summed E-state index contributed by atoms with van der Waals surface area (Å²) < 4.78 is 18.2. The summed E-state index contributed by atoms with van der Waals surface area (Å²) in [7, 11) is 4.87. The molecule has 2 aromatic carbocycles. The molecule has 2 N–H and O–H groups in total. The van der Waals surface area contributed by atoms with Gasteiger partial charge in [0, 0.05) is 37.6 Å². The first kappa shape index (κ1) is 23.0. The molecule has 0 saturated carbocycles. The molecule has 0 aliphatic carbocycles. The molecule has 1 aromatic heterocycles. The summed E-state index contributed by atoms with van der Waals surface area (Å²) in [5.41, 5.74) is 3.15. The molecule has 0 unspecified atom stereocenters. The number of aromatic nitrogens is 2. The van der Waals surface area contributed by atoms with E-state index in [2.05, 4.69) is 40.0 Å². The lowest BCUT2D eigenvalue weighted by Crippen LogP contribution is -2.38. The number of methoxy groups -OCH3 is 3. The van der Waals surface area contributed by atoms with E-state index in [1.165, 1.54) is 5.56 Å². The fourth-order valence-corrected chi connectivity index (χ4v) is 3.30. The molecule has 0 saturated heterocycles. The van der Waals surface area contributed by atoms with Crippen molar-refractivity contribution in [3.63, 3.8) is 0 Å². The predicted molar refractivity (Wildman–Crippen MR) is 126 cm³/mol. The molecule has 0 radical (unpaired) electrons. The standard InChI is InChI=1S/C24H31N5O3/c1-5-25-24(27-17-21-22(31-3)15-20(30-2)16-23(21)32-4)26-13-11-18-7-9-19(10-8-18)29-14-6-12-28-29/h6-10,12,14-16H,5,11,13,17H2,1-4H3,(H2,25,26,27). The Morgan fingerprint density at radius 1 is 1.00 bits per heavy atom. The van der Waals surface area contributed by atoms with E-state index in [0.717, 1.165) is 36.7 Å². The van der Waals surface area contributed by atoms with Gasteiger partial charge in [0.15, 0.2) is 5.96 Å². The van der Waals surface area contributed by atoms with Crippen LogP contribution in [0.2, 0.25) is 0 Å². The summed E-state index contributed by atoms with van der Waals surface area (Å²) in [5, 5.41) is 10.9. The lowest BCUT2D eigenvalue weighted by atomic mass is 10.1. The summed E-state index contributed by atoms with van der Waals surface area (Å²) in [5.74, 6) is 2.77. The topological polar surface area (TPSA) is 81.9 Å². The Hall–Kier alpha value is -3.68. The Morgan fingerprint density at radius 3 is 2.28 bits per heavy atom. The van der Waals surface area contributed by atoms with E-state index in [9.17, 15) is 0 Å². The number of ether oxygens (including phenoxy) is 3. The second kappa shape index (κ2) is 11.6. The van der Waals surface area contributed by atoms with Crippen molar-refractivity contribution >= 4 is 5.96 Å². The Morgan fingerprint density at radius 2 is 1.72 bits per heavy atom. The van der Waals surface area contributed by atoms with Gasteiger partial charge in [0.2, 0.25) is 0 Å². The fraction of sp³-hybridized carbons (Fsp3) is 0.333. The smallest absolute Gasteiger partial charge is 0.191 e. The van der Waals surface area contributed by atoms with Gasteiger partial charge in [-0.15, -0.1) is 0 Å². The number of guanidine groups is 1. The van der Waals surface area contributed by atoms with E-state index in [0.29, 0.717) is 23.8 Å². The van der Waals surface area contributed by atoms with Crippen molar-refractivity contribution in [2.75, 3.05) is 34.4 Å². The van der Waals surface area contributed by atoms with Crippen LogP contribution in [0.4, 0.5) is 0 Å².